The van der Waals surface area contributed by atoms with E-state index in [2.05, 4.69) is 11.9 Å². The van der Waals surface area contributed by atoms with Gasteiger partial charge >= 0.3 is 0 Å². The van der Waals surface area contributed by atoms with E-state index in [0.717, 1.165) is 23.1 Å². The summed E-state index contributed by atoms with van der Waals surface area (Å²) in [6.45, 7) is 3.39. The Morgan fingerprint density at radius 3 is 2.30 bits per heavy atom. The van der Waals surface area contributed by atoms with Crippen LogP contribution in [0.4, 0.5) is 0 Å². The Labute approximate surface area is 159 Å². The van der Waals surface area contributed by atoms with Crippen molar-refractivity contribution < 1.29 is 35.5 Å². The maximum Gasteiger partial charge on any atom is 0.265 e. The monoisotopic (exact) mass is 430 g/mol. The van der Waals surface area contributed by atoms with E-state index < -0.39 is 53.0 Å². The van der Waals surface area contributed by atoms with Crippen LogP contribution in [0.5, 0.6) is 0 Å². The highest BCUT2D eigenvalue weighted by atomic mass is 32.2. The van der Waals surface area contributed by atoms with Gasteiger partial charge in [-0.3, -0.25) is 19.8 Å². The molecule has 1 N–H and O–H groups in total. The lowest BCUT2D eigenvalue weighted by Gasteiger charge is -2.28. The van der Waals surface area contributed by atoms with Crippen LogP contribution >= 0.6 is 12.2 Å². The van der Waals surface area contributed by atoms with Gasteiger partial charge in [0.05, 0.1) is 9.79 Å². The number of hydrogen-bond acceptors (Lipinski definition) is 9. The van der Waals surface area contributed by atoms with Crippen LogP contribution in [0, 0.1) is 0 Å². The molecule has 13 heteroatoms. The molecule has 1 aliphatic rings. The van der Waals surface area contributed by atoms with E-state index in [0.29, 0.717) is 6.07 Å². The number of rotatable bonds is 5. The molecule has 1 fully saturated rings. The topological polar surface area (TPSA) is 164 Å². The average Bonchev–Trinajstić information content (AvgIpc) is 2.53. The number of carbonyl (C=O) groups excluding carboxylic acids is 2. The van der Waals surface area contributed by atoms with Crippen LogP contribution in [0.25, 0.3) is 6.08 Å². The maximum atomic E-state index is 12.4. The smallest absolute Gasteiger partial charge is 0.265 e. The summed E-state index contributed by atoms with van der Waals surface area (Å²) in [6.07, 6.45) is 2.13. The lowest BCUT2D eigenvalue weighted by molar-refractivity contribution is -0.128. The van der Waals surface area contributed by atoms with Gasteiger partial charge in [0.25, 0.3) is 11.8 Å². The molecule has 0 atom stereocenters. The van der Waals surface area contributed by atoms with Crippen molar-refractivity contribution in [2.75, 3.05) is 6.54 Å². The fourth-order valence-electron chi connectivity index (χ4n) is 2.15. The Morgan fingerprint density at radius 2 is 1.78 bits per heavy atom. The Morgan fingerprint density at radius 1 is 1.15 bits per heavy atom. The average molecular weight is 430 g/mol. The molecule has 0 unspecified atom stereocenters. The Kier molecular flexibility index (Phi) is 5.63. The number of benzene rings is 1. The number of thiocarbonyl (C=S) groups is 1. The van der Waals surface area contributed by atoms with Gasteiger partial charge in [0.2, 0.25) is 0 Å². The third kappa shape index (κ3) is 4.45. The molecule has 27 heavy (non-hydrogen) atoms. The van der Waals surface area contributed by atoms with Crippen LogP contribution in [0.2, 0.25) is 0 Å². The van der Waals surface area contributed by atoms with Gasteiger partial charge in [-0.25, -0.2) is 16.8 Å². The van der Waals surface area contributed by atoms with E-state index in [1.165, 1.54) is 6.08 Å². The number of nitrogens with one attached hydrogen (secondary N) is 1. The van der Waals surface area contributed by atoms with E-state index in [4.69, 9.17) is 12.2 Å². The van der Waals surface area contributed by atoms with Crippen molar-refractivity contribution in [2.45, 2.75) is 9.79 Å². The molecule has 144 valence electrons. The van der Waals surface area contributed by atoms with Gasteiger partial charge in [0.15, 0.2) is 5.11 Å². The second-order valence-corrected chi connectivity index (χ2v) is 8.24. The van der Waals surface area contributed by atoms with Crippen LogP contribution in [-0.4, -0.2) is 54.3 Å². The van der Waals surface area contributed by atoms with Gasteiger partial charge in [-0.05, 0) is 36.0 Å². The van der Waals surface area contributed by atoms with Crippen LogP contribution < -0.4 is 5.32 Å². The highest BCUT2D eigenvalue weighted by molar-refractivity contribution is 7.86. The van der Waals surface area contributed by atoms with Crippen molar-refractivity contribution in [3.05, 3.63) is 42.0 Å². The van der Waals surface area contributed by atoms with Crippen molar-refractivity contribution in [1.29, 1.82) is 0 Å². The molecular weight excluding hydrogens is 420 g/mol. The first kappa shape index (κ1) is 20.9. The number of amides is 2. The summed E-state index contributed by atoms with van der Waals surface area (Å²) >= 11 is 4.86. The van der Waals surface area contributed by atoms with E-state index >= 15 is 0 Å². The van der Waals surface area contributed by atoms with Crippen LogP contribution in [0.3, 0.4) is 0 Å². The molecular formula is C14H10N2O8S3-2. The minimum absolute atomic E-state index is 0.0463. The fraction of sp³-hybridized carbons (Fsp3) is 0.0714. The summed E-state index contributed by atoms with van der Waals surface area (Å²) in [7, 11) is -10.3. The maximum absolute atomic E-state index is 12.4. The minimum Gasteiger partial charge on any atom is -0.744 e. The Balaban J connectivity index is 2.67. The summed E-state index contributed by atoms with van der Waals surface area (Å²) in [5.41, 5.74) is -0.990. The van der Waals surface area contributed by atoms with Crippen molar-refractivity contribution in [3.63, 3.8) is 0 Å². The second kappa shape index (κ2) is 7.28. The minimum atomic E-state index is -5.23. The summed E-state index contributed by atoms with van der Waals surface area (Å²) in [4.78, 5) is 23.4. The van der Waals surface area contributed by atoms with Gasteiger partial charge in [-0.15, -0.1) is 6.58 Å². The predicted octanol–water partition coefficient (Wildman–Crippen LogP) is -0.693. The van der Waals surface area contributed by atoms with Crippen LogP contribution in [0.15, 0.2) is 46.2 Å². The van der Waals surface area contributed by atoms with E-state index in [9.17, 15) is 35.5 Å². The molecule has 1 aliphatic heterocycles. The van der Waals surface area contributed by atoms with Gasteiger partial charge in [-0.1, -0.05) is 12.1 Å². The zero-order chi connectivity index (χ0) is 20.6. The molecule has 0 radical (unpaired) electrons. The standard InChI is InChI=1S/C14H12N2O8S3/c1-2-5-16-13(18)10(12(17)15-14(16)25)6-8-3-4-9(26(19,20)21)7-11(8)27(22,23)24/h2-4,6-7H,1,5H2,(H,15,17,25)(H,19,20,21)(H,22,23,24)/p-2/b10-6+. The largest absolute Gasteiger partial charge is 0.744 e. The molecule has 1 saturated heterocycles. The Bertz CT molecular complexity index is 1100. The molecule has 0 bridgehead atoms. The van der Waals surface area contributed by atoms with Gasteiger partial charge in [0, 0.05) is 6.54 Å². The molecule has 0 aromatic heterocycles. The normalized spacial score (nSPS) is 17.2. The zero-order valence-corrected chi connectivity index (χ0v) is 15.7. The van der Waals surface area contributed by atoms with Gasteiger partial charge in [-0.2, -0.15) is 0 Å². The molecule has 1 aromatic rings. The second-order valence-electron chi connectivity index (χ2n) is 5.13. The third-order valence-corrected chi connectivity index (χ3v) is 5.39. The van der Waals surface area contributed by atoms with Gasteiger partial charge in [0.1, 0.15) is 25.8 Å². The molecule has 1 aromatic carbocycles. The predicted molar refractivity (Wildman–Crippen MR) is 93.0 cm³/mol. The molecule has 10 nitrogen and oxygen atoms in total. The quantitative estimate of drug-likeness (QED) is 0.209. The van der Waals surface area contributed by atoms with Crippen molar-refractivity contribution >= 4 is 55.5 Å². The zero-order valence-electron chi connectivity index (χ0n) is 13.2. The highest BCUT2D eigenvalue weighted by Gasteiger charge is 2.33. The first-order valence-electron chi connectivity index (χ1n) is 6.92. The molecule has 2 rings (SSSR count). The lowest BCUT2D eigenvalue weighted by Crippen LogP contribution is -2.53. The number of hydrogen-bond donors (Lipinski definition) is 1. The van der Waals surface area contributed by atoms with Gasteiger partial charge < -0.3 is 9.11 Å². The van der Waals surface area contributed by atoms with Crippen LogP contribution in [-0.2, 0) is 29.8 Å². The SMILES string of the molecule is C=CCN1C(=O)/C(=C/c2ccc(S(=O)(=O)[O-])cc2S(=O)(=O)[O-])C(=O)NC1=S. The van der Waals surface area contributed by atoms with Crippen molar-refractivity contribution in [1.82, 2.24) is 10.2 Å². The molecule has 0 aliphatic carbocycles. The first-order chi connectivity index (χ1) is 12.4. The van der Waals surface area contributed by atoms with E-state index in [1.807, 2.05) is 0 Å². The van der Waals surface area contributed by atoms with Crippen LogP contribution in [0.1, 0.15) is 5.56 Å². The lowest BCUT2D eigenvalue weighted by atomic mass is 10.1. The number of carbonyl (C=O) groups is 2. The number of nitrogens with zero attached hydrogens (tertiary/aromatic N) is 1. The van der Waals surface area contributed by atoms with Crippen molar-refractivity contribution in [3.8, 4) is 0 Å². The van der Waals surface area contributed by atoms with Crippen molar-refractivity contribution in [2.24, 2.45) is 0 Å². The summed E-state index contributed by atoms with van der Waals surface area (Å²) in [5, 5.41) is 2.03. The Hall–Kier alpha value is -2.45. The summed E-state index contributed by atoms with van der Waals surface area (Å²) < 4.78 is 67.5. The third-order valence-electron chi connectivity index (χ3n) is 3.34. The fourth-order valence-corrected chi connectivity index (χ4v) is 3.66. The summed E-state index contributed by atoms with van der Waals surface area (Å²) in [6, 6.07) is 1.95. The molecule has 0 spiro atoms. The summed E-state index contributed by atoms with van der Waals surface area (Å²) in [5.74, 6) is -1.82. The van der Waals surface area contributed by atoms with E-state index in [1.54, 1.807) is 0 Å². The molecule has 2 amide bonds. The molecule has 1 heterocycles. The highest BCUT2D eigenvalue weighted by Crippen LogP contribution is 2.24. The first-order valence-corrected chi connectivity index (χ1v) is 10.1. The molecule has 0 saturated carbocycles. The van der Waals surface area contributed by atoms with E-state index in [-0.39, 0.29) is 11.7 Å².